The summed E-state index contributed by atoms with van der Waals surface area (Å²) in [5.74, 6) is -0.447. The van der Waals surface area contributed by atoms with Gasteiger partial charge in [0.15, 0.2) is 0 Å². The van der Waals surface area contributed by atoms with Gasteiger partial charge in [0.05, 0.1) is 11.5 Å². The van der Waals surface area contributed by atoms with Crippen molar-refractivity contribution in [3.63, 3.8) is 0 Å². The van der Waals surface area contributed by atoms with Crippen molar-refractivity contribution in [2.45, 2.75) is 18.9 Å². The zero-order chi connectivity index (χ0) is 20.8. The van der Waals surface area contributed by atoms with E-state index in [4.69, 9.17) is 11.6 Å². The Kier molecular flexibility index (Phi) is 6.79. The van der Waals surface area contributed by atoms with Gasteiger partial charge in [-0.15, -0.1) is 0 Å². The van der Waals surface area contributed by atoms with Crippen LogP contribution in [0.3, 0.4) is 0 Å². The normalized spacial score (nSPS) is 14.9. The van der Waals surface area contributed by atoms with Gasteiger partial charge in [-0.05, 0) is 37.1 Å². The first-order valence-electron chi connectivity index (χ1n) is 9.24. The number of anilines is 1. The highest BCUT2D eigenvalue weighted by molar-refractivity contribution is 6.32. The maximum absolute atomic E-state index is 12.4. The second-order valence-corrected chi connectivity index (χ2v) is 7.27. The van der Waals surface area contributed by atoms with E-state index in [0.717, 1.165) is 5.69 Å². The molecule has 1 saturated heterocycles. The molecule has 9 heteroatoms. The van der Waals surface area contributed by atoms with Gasteiger partial charge in [-0.25, -0.2) is 0 Å². The molecule has 0 bridgehead atoms. The van der Waals surface area contributed by atoms with E-state index in [1.807, 2.05) is 35.2 Å². The molecule has 0 aliphatic carbocycles. The maximum atomic E-state index is 12.4. The molecule has 0 saturated carbocycles. The minimum Gasteiger partial charge on any atom is -0.349 e. The van der Waals surface area contributed by atoms with Gasteiger partial charge in [-0.1, -0.05) is 29.8 Å². The molecule has 2 amide bonds. The van der Waals surface area contributed by atoms with Crippen LogP contribution >= 0.6 is 11.6 Å². The van der Waals surface area contributed by atoms with E-state index in [1.54, 1.807) is 0 Å². The van der Waals surface area contributed by atoms with Gasteiger partial charge < -0.3 is 10.6 Å². The van der Waals surface area contributed by atoms with Gasteiger partial charge in [-0.3, -0.25) is 24.6 Å². The largest absolute Gasteiger partial charge is 0.349 e. The van der Waals surface area contributed by atoms with E-state index in [0.29, 0.717) is 32.5 Å². The van der Waals surface area contributed by atoms with E-state index in [1.165, 1.54) is 18.2 Å². The van der Waals surface area contributed by atoms with Gasteiger partial charge in [0.2, 0.25) is 5.91 Å². The Balaban J connectivity index is 1.47. The quantitative estimate of drug-likeness (QED) is 0.556. The lowest BCUT2D eigenvalue weighted by Gasteiger charge is -2.31. The standard InChI is InChI=1S/C20H21ClN4O4/c21-17-7-6-14(12-18(17)25(28)29)20(27)23-16-8-10-24(11-9-16)13-19(26)22-15-4-2-1-3-5-15/h1-7,12,16H,8-11,13H2,(H,22,26)(H,23,27). The van der Waals surface area contributed by atoms with Crippen LogP contribution in [0, 0.1) is 10.1 Å². The first-order chi connectivity index (χ1) is 13.9. The van der Waals surface area contributed by atoms with Crippen LogP contribution in [0.2, 0.25) is 5.02 Å². The number of nitro benzene ring substituents is 1. The van der Waals surface area contributed by atoms with E-state index >= 15 is 0 Å². The summed E-state index contributed by atoms with van der Waals surface area (Å²) in [5.41, 5.74) is 0.668. The van der Waals surface area contributed by atoms with E-state index in [2.05, 4.69) is 10.6 Å². The third-order valence-electron chi connectivity index (χ3n) is 4.75. The predicted molar refractivity (Wildman–Crippen MR) is 110 cm³/mol. The molecule has 0 unspecified atom stereocenters. The number of nitro groups is 1. The lowest BCUT2D eigenvalue weighted by molar-refractivity contribution is -0.384. The van der Waals surface area contributed by atoms with Crippen molar-refractivity contribution in [1.82, 2.24) is 10.2 Å². The molecule has 2 aromatic rings. The Morgan fingerprint density at radius 1 is 1.14 bits per heavy atom. The molecule has 0 radical (unpaired) electrons. The molecular weight excluding hydrogens is 396 g/mol. The number of carbonyl (C=O) groups excluding carboxylic acids is 2. The Labute approximate surface area is 173 Å². The number of hydrogen-bond acceptors (Lipinski definition) is 5. The van der Waals surface area contributed by atoms with Crippen LogP contribution in [0.4, 0.5) is 11.4 Å². The van der Waals surface area contributed by atoms with Crippen molar-refractivity contribution < 1.29 is 14.5 Å². The second-order valence-electron chi connectivity index (χ2n) is 6.86. The average molecular weight is 417 g/mol. The fraction of sp³-hybridized carbons (Fsp3) is 0.300. The van der Waals surface area contributed by atoms with Crippen LogP contribution in [0.15, 0.2) is 48.5 Å². The van der Waals surface area contributed by atoms with Gasteiger partial charge in [-0.2, -0.15) is 0 Å². The van der Waals surface area contributed by atoms with Gasteiger partial charge in [0.25, 0.3) is 11.6 Å². The number of carbonyl (C=O) groups is 2. The zero-order valence-electron chi connectivity index (χ0n) is 15.6. The lowest BCUT2D eigenvalue weighted by atomic mass is 10.0. The fourth-order valence-electron chi connectivity index (χ4n) is 3.22. The zero-order valence-corrected chi connectivity index (χ0v) is 16.4. The Bertz CT molecular complexity index is 899. The van der Waals surface area contributed by atoms with Crippen molar-refractivity contribution in [2.24, 2.45) is 0 Å². The summed E-state index contributed by atoms with van der Waals surface area (Å²) < 4.78 is 0. The molecule has 29 heavy (non-hydrogen) atoms. The number of piperidine rings is 1. The summed E-state index contributed by atoms with van der Waals surface area (Å²) in [6, 6.07) is 13.2. The summed E-state index contributed by atoms with van der Waals surface area (Å²) in [7, 11) is 0. The summed E-state index contributed by atoms with van der Waals surface area (Å²) in [5, 5.41) is 16.7. The predicted octanol–water partition coefficient (Wildman–Crippen LogP) is 3.08. The van der Waals surface area contributed by atoms with Crippen molar-refractivity contribution in [1.29, 1.82) is 0 Å². The monoisotopic (exact) mass is 416 g/mol. The van der Waals surface area contributed by atoms with Crippen LogP contribution < -0.4 is 10.6 Å². The van der Waals surface area contributed by atoms with E-state index < -0.39 is 4.92 Å². The molecule has 2 aromatic carbocycles. The number of hydrogen-bond donors (Lipinski definition) is 2. The third-order valence-corrected chi connectivity index (χ3v) is 5.07. The SMILES string of the molecule is O=C(CN1CCC(NC(=O)c2ccc(Cl)c([N+](=O)[O-])c2)CC1)Nc1ccccc1. The lowest BCUT2D eigenvalue weighted by Crippen LogP contribution is -2.46. The summed E-state index contributed by atoms with van der Waals surface area (Å²) in [6.07, 6.45) is 1.39. The molecule has 0 spiro atoms. The molecule has 0 atom stereocenters. The molecule has 1 aliphatic rings. The summed E-state index contributed by atoms with van der Waals surface area (Å²) in [6.45, 7) is 1.64. The molecule has 3 rings (SSSR count). The molecular formula is C20H21ClN4O4. The molecule has 1 aliphatic heterocycles. The molecule has 152 valence electrons. The second kappa shape index (κ2) is 9.49. The van der Waals surface area contributed by atoms with Crippen molar-refractivity contribution >= 4 is 34.8 Å². The molecule has 2 N–H and O–H groups in total. The molecule has 1 heterocycles. The smallest absolute Gasteiger partial charge is 0.288 e. The minimum absolute atomic E-state index is 0.00589. The average Bonchev–Trinajstić information content (AvgIpc) is 2.70. The topological polar surface area (TPSA) is 105 Å². The Morgan fingerprint density at radius 3 is 2.48 bits per heavy atom. The highest BCUT2D eigenvalue weighted by atomic mass is 35.5. The Hall–Kier alpha value is -2.97. The van der Waals surface area contributed by atoms with Crippen LogP contribution in [-0.2, 0) is 4.79 Å². The summed E-state index contributed by atoms with van der Waals surface area (Å²) >= 11 is 5.78. The number of para-hydroxylation sites is 1. The Morgan fingerprint density at radius 2 is 1.83 bits per heavy atom. The number of halogens is 1. The molecule has 1 fully saturated rings. The first-order valence-corrected chi connectivity index (χ1v) is 9.62. The van der Waals surface area contributed by atoms with Crippen LogP contribution in [0.1, 0.15) is 23.2 Å². The number of nitrogens with zero attached hydrogens (tertiary/aromatic N) is 2. The number of benzene rings is 2. The van der Waals surface area contributed by atoms with Gasteiger partial charge in [0, 0.05) is 36.4 Å². The van der Waals surface area contributed by atoms with Crippen LogP contribution in [-0.4, -0.2) is 47.3 Å². The fourth-order valence-corrected chi connectivity index (χ4v) is 3.41. The number of rotatable bonds is 6. The third kappa shape index (κ3) is 5.75. The van der Waals surface area contributed by atoms with Gasteiger partial charge >= 0.3 is 0 Å². The number of nitrogens with one attached hydrogen (secondary N) is 2. The maximum Gasteiger partial charge on any atom is 0.288 e. The number of likely N-dealkylation sites (tertiary alicyclic amines) is 1. The molecule has 8 nitrogen and oxygen atoms in total. The first kappa shape index (κ1) is 20.8. The van der Waals surface area contributed by atoms with Crippen LogP contribution in [0.5, 0.6) is 0 Å². The number of amides is 2. The van der Waals surface area contributed by atoms with Gasteiger partial charge in [0.1, 0.15) is 5.02 Å². The highest BCUT2D eigenvalue weighted by Gasteiger charge is 2.23. The summed E-state index contributed by atoms with van der Waals surface area (Å²) in [4.78, 5) is 37.0. The van der Waals surface area contributed by atoms with Crippen LogP contribution in [0.25, 0.3) is 0 Å². The van der Waals surface area contributed by atoms with Crippen molar-refractivity contribution in [3.8, 4) is 0 Å². The van der Waals surface area contributed by atoms with E-state index in [-0.39, 0.29) is 34.1 Å². The van der Waals surface area contributed by atoms with Crippen molar-refractivity contribution in [2.75, 3.05) is 25.0 Å². The van der Waals surface area contributed by atoms with E-state index in [9.17, 15) is 19.7 Å². The minimum atomic E-state index is -0.613. The van der Waals surface area contributed by atoms with Crippen molar-refractivity contribution in [3.05, 3.63) is 69.2 Å². The highest BCUT2D eigenvalue weighted by Crippen LogP contribution is 2.25. The molecule has 0 aromatic heterocycles.